The summed E-state index contributed by atoms with van der Waals surface area (Å²) in [6.07, 6.45) is 1.51. The molecule has 32 heavy (non-hydrogen) atoms. The van der Waals surface area contributed by atoms with E-state index < -0.39 is 0 Å². The molecule has 2 aliphatic heterocycles. The average Bonchev–Trinajstić information content (AvgIpc) is 3.49. The van der Waals surface area contributed by atoms with Gasteiger partial charge in [0.15, 0.2) is 5.76 Å². The van der Waals surface area contributed by atoms with E-state index in [4.69, 9.17) is 13.7 Å². The number of carbonyl (C=O) groups is 1. The second kappa shape index (κ2) is 8.22. The number of carbonyl (C=O) groups excluding carboxylic acids is 1. The molecule has 4 heterocycles. The molecule has 0 N–H and O–H groups in total. The van der Waals surface area contributed by atoms with Gasteiger partial charge in [0.2, 0.25) is 0 Å². The van der Waals surface area contributed by atoms with Gasteiger partial charge in [0.25, 0.3) is 5.91 Å². The number of rotatable bonds is 6. The first-order chi connectivity index (χ1) is 15.4. The lowest BCUT2D eigenvalue weighted by atomic mass is 9.88. The molecule has 5 rings (SSSR count). The highest BCUT2D eigenvalue weighted by Gasteiger charge is 2.52. The number of amides is 1. The molecule has 1 spiro atoms. The molecule has 1 unspecified atom stereocenters. The van der Waals surface area contributed by atoms with E-state index in [0.29, 0.717) is 37.9 Å². The molecule has 7 heteroatoms. The number of benzene rings is 1. The van der Waals surface area contributed by atoms with Crippen molar-refractivity contribution in [2.45, 2.75) is 44.9 Å². The zero-order chi connectivity index (χ0) is 22.3. The van der Waals surface area contributed by atoms with Crippen molar-refractivity contribution in [3.63, 3.8) is 0 Å². The molecule has 2 saturated heterocycles. The lowest BCUT2D eigenvalue weighted by Crippen LogP contribution is -2.63. The van der Waals surface area contributed by atoms with Gasteiger partial charge in [-0.2, -0.15) is 0 Å². The number of aryl methyl sites for hydroxylation is 2. The molecule has 7 nitrogen and oxygen atoms in total. The topological polar surface area (TPSA) is 72.0 Å². The fraction of sp³-hybridized carbons (Fsp3) is 0.440. The highest BCUT2D eigenvalue weighted by molar-refractivity contribution is 5.92. The van der Waals surface area contributed by atoms with Crippen molar-refractivity contribution in [1.82, 2.24) is 15.0 Å². The van der Waals surface area contributed by atoms with Gasteiger partial charge in [0, 0.05) is 24.6 Å². The maximum atomic E-state index is 12.9. The number of nitrogens with zero attached hydrogens (tertiary/aromatic N) is 3. The van der Waals surface area contributed by atoms with Crippen LogP contribution >= 0.6 is 0 Å². The van der Waals surface area contributed by atoms with E-state index in [0.717, 1.165) is 35.7 Å². The number of likely N-dealkylation sites (tertiary alicyclic amines) is 1. The number of hydrogen-bond acceptors (Lipinski definition) is 6. The zero-order valence-corrected chi connectivity index (χ0v) is 18.8. The predicted molar refractivity (Wildman–Crippen MR) is 118 cm³/mol. The molecule has 0 radical (unpaired) electrons. The first-order valence-electron chi connectivity index (χ1n) is 11.1. The Bertz CT molecular complexity index is 1080. The van der Waals surface area contributed by atoms with Gasteiger partial charge in [-0.25, -0.2) is 0 Å². The van der Waals surface area contributed by atoms with Crippen molar-refractivity contribution in [1.29, 1.82) is 0 Å². The van der Waals surface area contributed by atoms with Gasteiger partial charge in [-0.1, -0.05) is 35.5 Å². The summed E-state index contributed by atoms with van der Waals surface area (Å²) in [6, 6.07) is 14.4. The maximum Gasteiger partial charge on any atom is 0.289 e. The number of ether oxygens (including phenoxy) is 1. The highest BCUT2D eigenvalue weighted by atomic mass is 16.5. The Morgan fingerprint density at radius 1 is 1.19 bits per heavy atom. The van der Waals surface area contributed by atoms with Crippen molar-refractivity contribution in [3.8, 4) is 0 Å². The molecule has 168 valence electrons. The van der Waals surface area contributed by atoms with E-state index >= 15 is 0 Å². The fourth-order valence-corrected chi connectivity index (χ4v) is 4.79. The summed E-state index contributed by atoms with van der Waals surface area (Å²) in [6.45, 7) is 6.62. The minimum atomic E-state index is -0.225. The summed E-state index contributed by atoms with van der Waals surface area (Å²) in [4.78, 5) is 17.1. The van der Waals surface area contributed by atoms with Gasteiger partial charge < -0.3 is 18.6 Å². The van der Waals surface area contributed by atoms with Crippen LogP contribution in [0.5, 0.6) is 0 Å². The minimum Gasteiger partial charge on any atom is -0.456 e. The number of aromatic nitrogens is 1. The first-order valence-corrected chi connectivity index (χ1v) is 11.1. The van der Waals surface area contributed by atoms with Crippen molar-refractivity contribution < 1.29 is 18.5 Å². The molecule has 1 atom stereocenters. The Morgan fingerprint density at radius 3 is 2.69 bits per heavy atom. The van der Waals surface area contributed by atoms with Crippen LogP contribution in [0.2, 0.25) is 0 Å². The monoisotopic (exact) mass is 435 g/mol. The summed E-state index contributed by atoms with van der Waals surface area (Å²) >= 11 is 0. The Labute approximate surface area is 187 Å². The van der Waals surface area contributed by atoms with Crippen LogP contribution in [0.3, 0.4) is 0 Å². The van der Waals surface area contributed by atoms with Crippen LogP contribution in [0.4, 0.5) is 0 Å². The van der Waals surface area contributed by atoms with Crippen molar-refractivity contribution in [2.24, 2.45) is 0 Å². The first kappa shape index (κ1) is 21.0. The molecular weight excluding hydrogens is 406 g/mol. The van der Waals surface area contributed by atoms with Crippen LogP contribution in [0.25, 0.3) is 0 Å². The normalized spacial score (nSPS) is 19.6. The van der Waals surface area contributed by atoms with Gasteiger partial charge >= 0.3 is 0 Å². The third kappa shape index (κ3) is 3.98. The standard InChI is InChI=1S/C25H29N3O4/c1-17-22(18(2)32-26-17)11-21-9-10-23(31-21)24(29)28-15-25(16-28)12-20(14-30-25)27(3)13-19-7-5-4-6-8-19/h4-10,20H,11-16H2,1-3H3. The van der Waals surface area contributed by atoms with Crippen molar-refractivity contribution in [3.05, 3.63) is 76.6 Å². The fourth-order valence-electron chi connectivity index (χ4n) is 4.79. The van der Waals surface area contributed by atoms with E-state index in [2.05, 4.69) is 41.4 Å². The SMILES string of the molecule is Cc1noc(C)c1Cc1ccc(C(=O)N2CC3(CC(N(C)Cc4ccccc4)CO3)C2)o1. The molecule has 0 aliphatic carbocycles. The van der Waals surface area contributed by atoms with Crippen molar-refractivity contribution in [2.75, 3.05) is 26.7 Å². The van der Waals surface area contributed by atoms with Crippen LogP contribution < -0.4 is 0 Å². The molecule has 2 aliphatic rings. The van der Waals surface area contributed by atoms with Gasteiger partial charge in [0.05, 0.1) is 25.4 Å². The highest BCUT2D eigenvalue weighted by Crippen LogP contribution is 2.37. The third-order valence-corrected chi connectivity index (χ3v) is 6.74. The van der Waals surface area contributed by atoms with Crippen molar-refractivity contribution >= 4 is 5.91 Å². The Hall–Kier alpha value is -2.90. The molecule has 0 bridgehead atoms. The maximum absolute atomic E-state index is 12.9. The van der Waals surface area contributed by atoms with E-state index in [-0.39, 0.29) is 11.5 Å². The average molecular weight is 436 g/mol. The Balaban J connectivity index is 1.15. The summed E-state index contributed by atoms with van der Waals surface area (Å²) in [7, 11) is 2.14. The molecule has 1 amide bonds. The molecular formula is C25H29N3O4. The third-order valence-electron chi connectivity index (χ3n) is 6.74. The van der Waals surface area contributed by atoms with E-state index in [1.54, 1.807) is 6.07 Å². The van der Waals surface area contributed by atoms with E-state index in [1.807, 2.05) is 30.9 Å². The summed E-state index contributed by atoms with van der Waals surface area (Å²) in [5, 5.41) is 3.98. The Kier molecular flexibility index (Phi) is 5.39. The van der Waals surface area contributed by atoms with Crippen LogP contribution in [-0.4, -0.2) is 59.3 Å². The van der Waals surface area contributed by atoms with Crippen LogP contribution in [0.15, 0.2) is 51.4 Å². The molecule has 2 fully saturated rings. The van der Waals surface area contributed by atoms with Crippen LogP contribution in [-0.2, 0) is 17.7 Å². The molecule has 2 aromatic heterocycles. The number of hydrogen-bond donors (Lipinski definition) is 0. The lowest BCUT2D eigenvalue weighted by Gasteiger charge is -2.46. The molecule has 1 aromatic carbocycles. The largest absolute Gasteiger partial charge is 0.456 e. The van der Waals surface area contributed by atoms with Gasteiger partial charge in [-0.3, -0.25) is 9.69 Å². The molecule has 0 saturated carbocycles. The second-order valence-electron chi connectivity index (χ2n) is 9.16. The Morgan fingerprint density at radius 2 is 1.97 bits per heavy atom. The zero-order valence-electron chi connectivity index (χ0n) is 18.8. The van der Waals surface area contributed by atoms with Gasteiger partial charge in [0.1, 0.15) is 17.1 Å². The predicted octanol–water partition coefficient (Wildman–Crippen LogP) is 3.59. The summed E-state index contributed by atoms with van der Waals surface area (Å²) in [5.74, 6) is 1.81. The quantitative estimate of drug-likeness (QED) is 0.589. The van der Waals surface area contributed by atoms with Gasteiger partial charge in [-0.15, -0.1) is 0 Å². The van der Waals surface area contributed by atoms with E-state index in [1.165, 1.54) is 5.56 Å². The smallest absolute Gasteiger partial charge is 0.289 e. The molecule has 3 aromatic rings. The van der Waals surface area contributed by atoms with Crippen LogP contribution in [0, 0.1) is 13.8 Å². The number of likely N-dealkylation sites (N-methyl/N-ethyl adjacent to an activating group) is 1. The van der Waals surface area contributed by atoms with Gasteiger partial charge in [-0.05, 0) is 45.0 Å². The summed E-state index contributed by atoms with van der Waals surface area (Å²) < 4.78 is 17.2. The summed E-state index contributed by atoms with van der Waals surface area (Å²) in [5.41, 5.74) is 2.93. The van der Waals surface area contributed by atoms with Crippen LogP contribution in [0.1, 0.15) is 45.3 Å². The van der Waals surface area contributed by atoms with E-state index in [9.17, 15) is 4.79 Å². The second-order valence-corrected chi connectivity index (χ2v) is 9.16. The number of furan rings is 1. The lowest BCUT2D eigenvalue weighted by molar-refractivity contribution is -0.0957. The minimum absolute atomic E-state index is 0.0784.